The molecule has 0 unspecified atom stereocenters. The molecule has 4 fully saturated rings. The van der Waals surface area contributed by atoms with Gasteiger partial charge in [0.05, 0.1) is 0 Å². The van der Waals surface area contributed by atoms with Crippen LogP contribution in [0.5, 0.6) is 0 Å². The molecular weight excluding hydrogens is 324 g/mol. The third-order valence-corrected chi connectivity index (χ3v) is 7.14. The number of azide groups is 1. The molecule has 148 valence electrons. The maximum Gasteiger partial charge on any atom is 0.0406 e. The van der Waals surface area contributed by atoms with E-state index < -0.39 is 0 Å². The molecule has 0 saturated carbocycles. The predicted molar refractivity (Wildman–Crippen MR) is 107 cm³/mol. The van der Waals surface area contributed by atoms with Crippen molar-refractivity contribution in [1.29, 1.82) is 0 Å². The second-order valence-electron chi connectivity index (χ2n) is 10.1. The highest BCUT2D eigenvalue weighted by Gasteiger charge is 2.43. The number of piperidine rings is 2. The van der Waals surface area contributed by atoms with Crippen molar-refractivity contribution in [3.8, 4) is 0 Å². The highest BCUT2D eigenvalue weighted by Crippen LogP contribution is 2.39. The van der Waals surface area contributed by atoms with E-state index in [1.165, 1.54) is 51.6 Å². The third kappa shape index (κ3) is 4.19. The van der Waals surface area contributed by atoms with Crippen molar-refractivity contribution in [2.75, 3.05) is 13.1 Å². The lowest BCUT2D eigenvalue weighted by Crippen LogP contribution is -2.55. The number of hydrogen-bond acceptors (Lipinski definition) is 4. The first-order valence-corrected chi connectivity index (χ1v) is 10.6. The SMILES string of the molecule is CC1(C)C[C@H](N)C[C@@H]2CCCN21.CC1(C)C[C@H](N=[N+]=[N-])C[C@@H]2CCCN21. The second-order valence-corrected chi connectivity index (χ2v) is 10.1. The number of fused-ring (bicyclic) bond motifs is 2. The Labute approximate surface area is 159 Å². The van der Waals surface area contributed by atoms with Crippen molar-refractivity contribution < 1.29 is 0 Å². The minimum atomic E-state index is 0.217. The van der Waals surface area contributed by atoms with Crippen molar-refractivity contribution in [3.05, 3.63) is 10.4 Å². The Morgan fingerprint density at radius 1 is 0.923 bits per heavy atom. The van der Waals surface area contributed by atoms with Gasteiger partial charge in [-0.05, 0) is 97.7 Å². The zero-order chi connectivity index (χ0) is 18.9. The van der Waals surface area contributed by atoms with Crippen LogP contribution in [0, 0.1) is 0 Å². The van der Waals surface area contributed by atoms with Crippen LogP contribution in [-0.4, -0.2) is 58.1 Å². The number of nitrogens with two attached hydrogens (primary N) is 1. The van der Waals surface area contributed by atoms with Gasteiger partial charge in [-0.15, -0.1) is 0 Å². The van der Waals surface area contributed by atoms with Crippen LogP contribution in [0.15, 0.2) is 5.11 Å². The van der Waals surface area contributed by atoms with Gasteiger partial charge in [0, 0.05) is 40.2 Å². The zero-order valence-corrected chi connectivity index (χ0v) is 17.2. The molecule has 4 atom stereocenters. The molecule has 0 bridgehead atoms. The van der Waals surface area contributed by atoms with Gasteiger partial charge in [-0.25, -0.2) is 0 Å². The first-order chi connectivity index (χ1) is 12.2. The first-order valence-electron chi connectivity index (χ1n) is 10.6. The largest absolute Gasteiger partial charge is 0.328 e. The Hall–Kier alpha value is -0.810. The first kappa shape index (κ1) is 19.9. The van der Waals surface area contributed by atoms with Gasteiger partial charge in [0.1, 0.15) is 0 Å². The van der Waals surface area contributed by atoms with E-state index in [-0.39, 0.29) is 11.6 Å². The second kappa shape index (κ2) is 7.67. The van der Waals surface area contributed by atoms with Crippen LogP contribution < -0.4 is 5.73 Å². The van der Waals surface area contributed by atoms with Crippen molar-refractivity contribution in [2.45, 2.75) is 114 Å². The minimum absolute atomic E-state index is 0.217. The Kier molecular flexibility index (Phi) is 5.88. The van der Waals surface area contributed by atoms with Crippen LogP contribution in [-0.2, 0) is 0 Å². The fourth-order valence-corrected chi connectivity index (χ4v) is 6.20. The van der Waals surface area contributed by atoms with Gasteiger partial charge in [0.15, 0.2) is 0 Å². The fraction of sp³-hybridized carbons (Fsp3) is 1.00. The molecule has 0 aromatic carbocycles. The summed E-state index contributed by atoms with van der Waals surface area (Å²) in [6.07, 6.45) is 9.80. The molecule has 4 heterocycles. The third-order valence-electron chi connectivity index (χ3n) is 7.14. The molecule has 4 rings (SSSR count). The van der Waals surface area contributed by atoms with Gasteiger partial charge in [0.25, 0.3) is 0 Å². The maximum absolute atomic E-state index is 8.47. The van der Waals surface area contributed by atoms with E-state index in [0.29, 0.717) is 17.6 Å². The summed E-state index contributed by atoms with van der Waals surface area (Å²) in [7, 11) is 0. The van der Waals surface area contributed by atoms with Gasteiger partial charge >= 0.3 is 0 Å². The van der Waals surface area contributed by atoms with Crippen LogP contribution in [0.3, 0.4) is 0 Å². The quantitative estimate of drug-likeness (QED) is 0.434. The van der Waals surface area contributed by atoms with E-state index in [4.69, 9.17) is 11.3 Å². The lowest BCUT2D eigenvalue weighted by molar-refractivity contribution is 0.0460. The van der Waals surface area contributed by atoms with Crippen molar-refractivity contribution >= 4 is 0 Å². The molecule has 4 saturated heterocycles. The molecule has 4 aliphatic rings. The summed E-state index contributed by atoms with van der Waals surface area (Å²) in [5.41, 5.74) is 15.1. The highest BCUT2D eigenvalue weighted by atomic mass is 15.3. The van der Waals surface area contributed by atoms with E-state index in [2.05, 4.69) is 47.5 Å². The smallest absolute Gasteiger partial charge is 0.0406 e. The molecule has 2 N–H and O–H groups in total. The molecular formula is C20H38N6. The summed E-state index contributed by atoms with van der Waals surface area (Å²) < 4.78 is 0. The molecule has 0 aromatic rings. The molecule has 26 heavy (non-hydrogen) atoms. The predicted octanol–water partition coefficient (Wildman–Crippen LogP) is 4.05. The number of hydrogen-bond donors (Lipinski definition) is 1. The number of nitrogens with zero attached hydrogens (tertiary/aromatic N) is 5. The monoisotopic (exact) mass is 362 g/mol. The van der Waals surface area contributed by atoms with E-state index in [9.17, 15) is 0 Å². The molecule has 4 aliphatic heterocycles. The van der Waals surface area contributed by atoms with Gasteiger partial charge in [-0.1, -0.05) is 5.11 Å². The summed E-state index contributed by atoms with van der Waals surface area (Å²) in [5, 5.41) is 3.89. The Morgan fingerprint density at radius 3 is 2.04 bits per heavy atom. The van der Waals surface area contributed by atoms with Gasteiger partial charge in [-0.3, -0.25) is 9.80 Å². The van der Waals surface area contributed by atoms with E-state index >= 15 is 0 Å². The van der Waals surface area contributed by atoms with Crippen LogP contribution in [0.4, 0.5) is 0 Å². The van der Waals surface area contributed by atoms with Gasteiger partial charge in [0.2, 0.25) is 0 Å². The summed E-state index contributed by atoms with van der Waals surface area (Å²) >= 11 is 0. The summed E-state index contributed by atoms with van der Waals surface area (Å²) in [6.45, 7) is 11.7. The molecule has 0 aliphatic carbocycles. The minimum Gasteiger partial charge on any atom is -0.328 e. The Bertz CT molecular complexity index is 538. The van der Waals surface area contributed by atoms with Crippen LogP contribution in [0.2, 0.25) is 0 Å². The summed E-state index contributed by atoms with van der Waals surface area (Å²) in [6, 6.07) is 2.12. The fourth-order valence-electron chi connectivity index (χ4n) is 6.20. The van der Waals surface area contributed by atoms with Crippen LogP contribution in [0.25, 0.3) is 10.4 Å². The Morgan fingerprint density at radius 2 is 1.46 bits per heavy atom. The lowest BCUT2D eigenvalue weighted by Gasteiger charge is -2.46. The average Bonchev–Trinajstić information content (AvgIpc) is 3.16. The number of rotatable bonds is 1. The lowest BCUT2D eigenvalue weighted by atomic mass is 9.84. The van der Waals surface area contributed by atoms with Crippen molar-refractivity contribution in [3.63, 3.8) is 0 Å². The van der Waals surface area contributed by atoms with Crippen molar-refractivity contribution in [2.24, 2.45) is 10.8 Å². The Balaban J connectivity index is 0.000000152. The standard InChI is InChI=1S/C10H18N4.C10H20N2/c1-10(2)7-8(12-13-11)6-9-4-3-5-14(9)10;1-10(2)7-8(11)6-9-4-3-5-12(9)10/h8-9H,3-7H2,1-2H3;8-9H,3-7,11H2,1-2H3/t2*8-,9+/m11/s1. The molecule has 6 nitrogen and oxygen atoms in total. The highest BCUT2D eigenvalue weighted by molar-refractivity contribution is 5.00. The van der Waals surface area contributed by atoms with Crippen molar-refractivity contribution in [1.82, 2.24) is 9.80 Å². The molecule has 6 heteroatoms. The molecule has 0 amide bonds. The topological polar surface area (TPSA) is 81.3 Å². The zero-order valence-electron chi connectivity index (χ0n) is 17.2. The normalized spacial score (nSPS) is 38.5. The average molecular weight is 363 g/mol. The van der Waals surface area contributed by atoms with E-state index in [1.807, 2.05) is 0 Å². The maximum atomic E-state index is 8.47. The van der Waals surface area contributed by atoms with E-state index in [0.717, 1.165) is 18.9 Å². The molecule has 0 aromatic heterocycles. The van der Waals surface area contributed by atoms with Gasteiger partial charge < -0.3 is 5.73 Å². The molecule has 0 radical (unpaired) electrons. The van der Waals surface area contributed by atoms with Crippen LogP contribution in [0.1, 0.15) is 79.1 Å². The van der Waals surface area contributed by atoms with E-state index in [1.54, 1.807) is 0 Å². The van der Waals surface area contributed by atoms with Gasteiger partial charge in [-0.2, -0.15) is 0 Å². The van der Waals surface area contributed by atoms with Crippen LogP contribution >= 0.6 is 0 Å². The molecule has 0 spiro atoms. The summed E-state index contributed by atoms with van der Waals surface area (Å²) in [4.78, 5) is 8.20. The summed E-state index contributed by atoms with van der Waals surface area (Å²) in [5.74, 6) is 0.